The van der Waals surface area contributed by atoms with Crippen LogP contribution in [0.2, 0.25) is 0 Å². The van der Waals surface area contributed by atoms with Crippen LogP contribution >= 0.6 is 0 Å². The molecule has 2 heteroatoms. The van der Waals surface area contributed by atoms with E-state index in [9.17, 15) is 4.79 Å². The second-order valence-corrected chi connectivity index (χ2v) is 2.89. The fraction of sp³-hybridized carbons (Fsp3) is 0. The summed E-state index contributed by atoms with van der Waals surface area (Å²) in [7, 11) is 0. The molecule has 0 aliphatic carbocycles. The van der Waals surface area contributed by atoms with E-state index in [0.29, 0.717) is 5.70 Å². The number of carbonyl (C=O) groups excluding carboxylic acids is 1. The lowest BCUT2D eigenvalue weighted by molar-refractivity contribution is -0.115. The molecule has 1 N–H and O–H groups in total. The summed E-state index contributed by atoms with van der Waals surface area (Å²) >= 11 is 0. The lowest BCUT2D eigenvalue weighted by atomic mass is 10.1. The Kier molecular flexibility index (Phi) is 1.74. The van der Waals surface area contributed by atoms with Gasteiger partial charge >= 0.3 is 0 Å². The van der Waals surface area contributed by atoms with Crippen LogP contribution in [-0.4, -0.2) is 5.91 Å². The van der Waals surface area contributed by atoms with E-state index in [1.807, 2.05) is 30.3 Å². The Labute approximate surface area is 76.6 Å². The van der Waals surface area contributed by atoms with Crippen molar-refractivity contribution < 1.29 is 4.79 Å². The first kappa shape index (κ1) is 7.80. The second kappa shape index (κ2) is 2.90. The molecule has 0 spiro atoms. The van der Waals surface area contributed by atoms with Gasteiger partial charge in [0.25, 0.3) is 0 Å². The molecule has 1 aliphatic rings. The van der Waals surface area contributed by atoms with Crippen LogP contribution in [0.25, 0.3) is 5.57 Å². The van der Waals surface area contributed by atoms with Crippen LogP contribution in [0.5, 0.6) is 0 Å². The predicted octanol–water partition coefficient (Wildman–Crippen LogP) is 1.71. The van der Waals surface area contributed by atoms with Gasteiger partial charge in [0, 0.05) is 17.3 Å². The monoisotopic (exact) mass is 171 g/mol. The maximum atomic E-state index is 11.0. The Hall–Kier alpha value is -1.83. The summed E-state index contributed by atoms with van der Waals surface area (Å²) in [6, 6.07) is 9.73. The fourth-order valence-corrected chi connectivity index (χ4v) is 1.35. The average Bonchev–Trinajstić information content (AvgIpc) is 2.47. The highest BCUT2D eigenvalue weighted by Crippen LogP contribution is 2.23. The molecular weight excluding hydrogens is 162 g/mol. The third kappa shape index (κ3) is 1.38. The molecule has 0 bridgehead atoms. The minimum absolute atomic E-state index is 0.0937. The number of nitrogens with one attached hydrogen (secondary N) is 1. The Morgan fingerprint density at radius 2 is 1.85 bits per heavy atom. The molecule has 2 rings (SSSR count). The molecule has 0 atom stereocenters. The summed E-state index contributed by atoms with van der Waals surface area (Å²) in [5, 5.41) is 2.64. The Balaban J connectivity index is 2.43. The van der Waals surface area contributed by atoms with Crippen molar-refractivity contribution in [1.29, 1.82) is 0 Å². The number of rotatable bonds is 1. The van der Waals surface area contributed by atoms with E-state index in [2.05, 4.69) is 11.9 Å². The molecule has 2 nitrogen and oxygen atoms in total. The van der Waals surface area contributed by atoms with Gasteiger partial charge in [0.15, 0.2) is 0 Å². The van der Waals surface area contributed by atoms with Gasteiger partial charge in [-0.25, -0.2) is 0 Å². The number of hydrogen-bond acceptors (Lipinski definition) is 1. The summed E-state index contributed by atoms with van der Waals surface area (Å²) in [6.45, 7) is 3.76. The first-order valence-electron chi connectivity index (χ1n) is 4.05. The van der Waals surface area contributed by atoms with Gasteiger partial charge in [-0.05, 0) is 5.56 Å². The Morgan fingerprint density at radius 1 is 1.15 bits per heavy atom. The molecule has 1 aromatic rings. The minimum atomic E-state index is -0.0937. The Morgan fingerprint density at radius 3 is 2.38 bits per heavy atom. The average molecular weight is 171 g/mol. The van der Waals surface area contributed by atoms with E-state index in [1.165, 1.54) is 0 Å². The molecule has 64 valence electrons. The maximum Gasteiger partial charge on any atom is 0.249 e. The van der Waals surface area contributed by atoms with Crippen LogP contribution in [0, 0.1) is 0 Å². The second-order valence-electron chi connectivity index (χ2n) is 2.89. The number of benzene rings is 1. The zero-order chi connectivity index (χ0) is 9.26. The Bertz CT molecular complexity index is 390. The van der Waals surface area contributed by atoms with Gasteiger partial charge in [-0.15, -0.1) is 0 Å². The topological polar surface area (TPSA) is 29.1 Å². The maximum absolute atomic E-state index is 11.0. The van der Waals surface area contributed by atoms with E-state index in [-0.39, 0.29) is 5.91 Å². The van der Waals surface area contributed by atoms with Crippen molar-refractivity contribution in [1.82, 2.24) is 5.32 Å². The smallest absolute Gasteiger partial charge is 0.249 e. The molecule has 1 heterocycles. The number of allylic oxidation sites excluding steroid dienone is 1. The van der Waals surface area contributed by atoms with Crippen LogP contribution in [0.1, 0.15) is 5.56 Å². The van der Waals surface area contributed by atoms with Gasteiger partial charge in [0.05, 0.1) is 0 Å². The quantitative estimate of drug-likeness (QED) is 0.684. The molecular formula is C11H9NO. The fourth-order valence-electron chi connectivity index (χ4n) is 1.35. The molecule has 0 aromatic heterocycles. The van der Waals surface area contributed by atoms with Crippen molar-refractivity contribution >= 4 is 11.5 Å². The van der Waals surface area contributed by atoms with Crippen LogP contribution < -0.4 is 5.32 Å². The summed E-state index contributed by atoms with van der Waals surface area (Å²) in [5.74, 6) is -0.0937. The number of carbonyl (C=O) groups is 1. The molecule has 0 saturated carbocycles. The SMILES string of the molecule is C=C1NC(=O)C=C1c1ccccc1. The van der Waals surface area contributed by atoms with Gasteiger partial charge < -0.3 is 5.32 Å². The minimum Gasteiger partial charge on any atom is -0.322 e. The first-order valence-corrected chi connectivity index (χ1v) is 4.05. The van der Waals surface area contributed by atoms with Crippen LogP contribution in [0.15, 0.2) is 48.7 Å². The zero-order valence-corrected chi connectivity index (χ0v) is 7.08. The number of amides is 1. The predicted molar refractivity (Wildman–Crippen MR) is 51.7 cm³/mol. The number of hydrogen-bond donors (Lipinski definition) is 1. The molecule has 0 unspecified atom stereocenters. The standard InChI is InChI=1S/C11H9NO/c1-8-10(7-11(13)12-8)9-5-3-2-4-6-9/h2-7H,1H2,(H,12,13). The van der Waals surface area contributed by atoms with Crippen molar-refractivity contribution in [3.8, 4) is 0 Å². The molecule has 1 aromatic carbocycles. The zero-order valence-electron chi connectivity index (χ0n) is 7.08. The third-order valence-electron chi connectivity index (χ3n) is 1.96. The molecule has 0 radical (unpaired) electrons. The van der Waals surface area contributed by atoms with Gasteiger partial charge in [-0.3, -0.25) is 4.79 Å². The summed E-state index contributed by atoms with van der Waals surface area (Å²) in [6.07, 6.45) is 1.57. The van der Waals surface area contributed by atoms with Gasteiger partial charge in [0.1, 0.15) is 0 Å². The van der Waals surface area contributed by atoms with E-state index in [1.54, 1.807) is 6.08 Å². The molecule has 0 saturated heterocycles. The van der Waals surface area contributed by atoms with Gasteiger partial charge in [-0.2, -0.15) is 0 Å². The molecule has 1 amide bonds. The lowest BCUT2D eigenvalue weighted by Gasteiger charge is -2.02. The van der Waals surface area contributed by atoms with Crippen LogP contribution in [-0.2, 0) is 4.79 Å². The highest BCUT2D eigenvalue weighted by Gasteiger charge is 2.15. The summed E-state index contributed by atoms with van der Waals surface area (Å²) < 4.78 is 0. The summed E-state index contributed by atoms with van der Waals surface area (Å²) in [4.78, 5) is 11.0. The third-order valence-corrected chi connectivity index (χ3v) is 1.96. The van der Waals surface area contributed by atoms with E-state index in [0.717, 1.165) is 11.1 Å². The van der Waals surface area contributed by atoms with Crippen molar-refractivity contribution in [3.05, 3.63) is 54.2 Å². The van der Waals surface area contributed by atoms with E-state index in [4.69, 9.17) is 0 Å². The lowest BCUT2D eigenvalue weighted by Crippen LogP contribution is -2.12. The van der Waals surface area contributed by atoms with Crippen molar-refractivity contribution in [3.63, 3.8) is 0 Å². The molecule has 13 heavy (non-hydrogen) atoms. The highest BCUT2D eigenvalue weighted by atomic mass is 16.1. The summed E-state index contributed by atoms with van der Waals surface area (Å²) in [5.41, 5.74) is 2.58. The van der Waals surface area contributed by atoms with Gasteiger partial charge in [0.2, 0.25) is 5.91 Å². The largest absolute Gasteiger partial charge is 0.322 e. The van der Waals surface area contributed by atoms with Crippen molar-refractivity contribution in [2.75, 3.05) is 0 Å². The van der Waals surface area contributed by atoms with Crippen LogP contribution in [0.4, 0.5) is 0 Å². The molecule has 1 aliphatic heterocycles. The van der Waals surface area contributed by atoms with E-state index >= 15 is 0 Å². The van der Waals surface area contributed by atoms with Crippen molar-refractivity contribution in [2.24, 2.45) is 0 Å². The van der Waals surface area contributed by atoms with Crippen molar-refractivity contribution in [2.45, 2.75) is 0 Å². The molecule has 0 fully saturated rings. The van der Waals surface area contributed by atoms with E-state index < -0.39 is 0 Å². The van der Waals surface area contributed by atoms with Gasteiger partial charge in [-0.1, -0.05) is 36.9 Å². The van der Waals surface area contributed by atoms with Crippen LogP contribution in [0.3, 0.4) is 0 Å². The first-order chi connectivity index (χ1) is 6.27. The normalized spacial score (nSPS) is 15.5. The highest BCUT2D eigenvalue weighted by molar-refractivity contribution is 6.06.